The molecule has 104 valence electrons. The number of rotatable bonds is 4. The van der Waals surface area contributed by atoms with Gasteiger partial charge in [0.15, 0.2) is 0 Å². The van der Waals surface area contributed by atoms with E-state index in [1.165, 1.54) is 6.42 Å². The van der Waals surface area contributed by atoms with Crippen molar-refractivity contribution in [3.63, 3.8) is 0 Å². The van der Waals surface area contributed by atoms with Crippen LogP contribution in [0, 0.1) is 0 Å². The van der Waals surface area contributed by atoms with Crippen LogP contribution in [0.1, 0.15) is 31.7 Å². The van der Waals surface area contributed by atoms with Gasteiger partial charge in [0.1, 0.15) is 0 Å². The van der Waals surface area contributed by atoms with Crippen molar-refractivity contribution in [1.82, 2.24) is 10.2 Å². The van der Waals surface area contributed by atoms with E-state index in [1.807, 2.05) is 36.1 Å². The zero-order valence-corrected chi connectivity index (χ0v) is 12.1. The third-order valence-electron chi connectivity index (χ3n) is 3.56. The molecule has 1 aliphatic rings. The van der Waals surface area contributed by atoms with Crippen LogP contribution in [0.2, 0.25) is 5.02 Å². The summed E-state index contributed by atoms with van der Waals surface area (Å²) in [6, 6.07) is 7.70. The van der Waals surface area contributed by atoms with Crippen molar-refractivity contribution < 1.29 is 4.79 Å². The molecule has 1 fully saturated rings. The van der Waals surface area contributed by atoms with Gasteiger partial charge in [-0.25, -0.2) is 0 Å². The summed E-state index contributed by atoms with van der Waals surface area (Å²) in [6.45, 7) is 4.33. The van der Waals surface area contributed by atoms with Gasteiger partial charge in [-0.15, -0.1) is 0 Å². The maximum atomic E-state index is 12.4. The lowest BCUT2D eigenvalue weighted by molar-refractivity contribution is -0.134. The predicted octanol–water partition coefficient (Wildman–Crippen LogP) is 2.83. The Labute approximate surface area is 119 Å². The van der Waals surface area contributed by atoms with Gasteiger partial charge in [0.25, 0.3) is 0 Å². The van der Waals surface area contributed by atoms with Crippen LogP contribution in [0.25, 0.3) is 0 Å². The second-order valence-corrected chi connectivity index (χ2v) is 5.42. The maximum absolute atomic E-state index is 12.4. The molecule has 1 aliphatic heterocycles. The van der Waals surface area contributed by atoms with Crippen LogP contribution in [0.3, 0.4) is 0 Å². The number of nitrogens with zero attached hydrogens (tertiary/aromatic N) is 1. The number of carbonyl (C=O) groups excluding carboxylic acids is 1. The van der Waals surface area contributed by atoms with Crippen molar-refractivity contribution in [2.45, 2.75) is 38.8 Å². The van der Waals surface area contributed by atoms with Crippen molar-refractivity contribution in [1.29, 1.82) is 0 Å². The number of carbonyl (C=O) groups is 1. The fraction of sp³-hybridized carbons (Fsp3) is 0.533. The fourth-order valence-corrected chi connectivity index (χ4v) is 2.70. The molecule has 0 bridgehead atoms. The molecule has 0 aromatic heterocycles. The van der Waals surface area contributed by atoms with Gasteiger partial charge in [-0.05, 0) is 44.0 Å². The molecule has 1 N–H and O–H groups in total. The highest BCUT2D eigenvalue weighted by molar-refractivity contribution is 6.30. The molecule has 2 rings (SSSR count). The van der Waals surface area contributed by atoms with Crippen molar-refractivity contribution in [3.05, 3.63) is 34.9 Å². The fourth-order valence-electron chi connectivity index (χ4n) is 2.48. The van der Waals surface area contributed by atoms with E-state index in [4.69, 9.17) is 11.6 Å². The number of nitrogens with one attached hydrogen (secondary N) is 1. The summed E-state index contributed by atoms with van der Waals surface area (Å²) in [5.41, 5.74) is 1.08. The summed E-state index contributed by atoms with van der Waals surface area (Å²) in [5, 5.41) is 4.03. The van der Waals surface area contributed by atoms with Crippen molar-refractivity contribution in [2.24, 2.45) is 0 Å². The number of hydrogen-bond acceptors (Lipinski definition) is 2. The number of benzene rings is 1. The molecule has 1 aromatic carbocycles. The van der Waals surface area contributed by atoms with Gasteiger partial charge in [-0.1, -0.05) is 30.2 Å². The minimum absolute atomic E-state index is 0.00659. The average Bonchev–Trinajstić information content (AvgIpc) is 2.45. The minimum atomic E-state index is -0.00659. The van der Waals surface area contributed by atoms with Crippen molar-refractivity contribution in [3.8, 4) is 0 Å². The summed E-state index contributed by atoms with van der Waals surface area (Å²) in [6.07, 6.45) is 3.26. The number of hydrogen-bond donors (Lipinski definition) is 1. The largest absolute Gasteiger partial charge is 0.337 e. The Hall–Kier alpha value is -1.06. The second-order valence-electron chi connectivity index (χ2n) is 4.98. The summed E-state index contributed by atoms with van der Waals surface area (Å²) in [4.78, 5) is 14.3. The van der Waals surface area contributed by atoms with Crippen LogP contribution in [0.5, 0.6) is 0 Å². The van der Waals surface area contributed by atoms with Gasteiger partial charge in [-0.2, -0.15) is 0 Å². The normalized spacial score (nSPS) is 19.2. The quantitative estimate of drug-likeness (QED) is 0.920. The third kappa shape index (κ3) is 3.95. The predicted molar refractivity (Wildman–Crippen MR) is 78.2 cm³/mol. The summed E-state index contributed by atoms with van der Waals surface area (Å²) >= 11 is 5.98. The van der Waals surface area contributed by atoms with Gasteiger partial charge in [-0.3, -0.25) is 4.79 Å². The smallest absolute Gasteiger partial charge is 0.239 e. The first-order valence-corrected chi connectivity index (χ1v) is 7.35. The highest BCUT2D eigenvalue weighted by Crippen LogP contribution is 2.15. The first kappa shape index (κ1) is 14.4. The molecule has 1 atom stereocenters. The second kappa shape index (κ2) is 6.92. The minimum Gasteiger partial charge on any atom is -0.337 e. The Morgan fingerprint density at radius 2 is 2.32 bits per heavy atom. The molecule has 3 nitrogen and oxygen atoms in total. The molecule has 0 saturated carbocycles. The molecular formula is C15H21ClN2O. The van der Waals surface area contributed by atoms with Crippen LogP contribution in [0.15, 0.2) is 24.3 Å². The number of amides is 1. The zero-order valence-electron chi connectivity index (χ0n) is 11.4. The van der Waals surface area contributed by atoms with E-state index in [0.29, 0.717) is 6.54 Å². The lowest BCUT2D eigenvalue weighted by atomic mass is 10.0. The summed E-state index contributed by atoms with van der Waals surface area (Å²) < 4.78 is 0. The summed E-state index contributed by atoms with van der Waals surface area (Å²) in [7, 11) is 0. The average molecular weight is 281 g/mol. The monoisotopic (exact) mass is 280 g/mol. The first-order valence-electron chi connectivity index (χ1n) is 6.97. The van der Waals surface area contributed by atoms with Crippen molar-refractivity contribution >= 4 is 17.5 Å². The molecule has 0 radical (unpaired) electrons. The van der Waals surface area contributed by atoms with E-state index in [-0.39, 0.29) is 11.9 Å². The Kier molecular flexibility index (Phi) is 5.23. The Balaban J connectivity index is 2.00. The van der Waals surface area contributed by atoms with E-state index < -0.39 is 0 Å². The lowest BCUT2D eigenvalue weighted by Crippen LogP contribution is -2.48. The van der Waals surface area contributed by atoms with Gasteiger partial charge >= 0.3 is 0 Å². The molecule has 0 spiro atoms. The number of likely N-dealkylation sites (N-methyl/N-ethyl adjacent to an activating group) is 1. The highest BCUT2D eigenvalue weighted by atomic mass is 35.5. The molecule has 1 heterocycles. The van der Waals surface area contributed by atoms with E-state index in [1.54, 1.807) is 0 Å². The third-order valence-corrected chi connectivity index (χ3v) is 3.80. The van der Waals surface area contributed by atoms with Crippen LogP contribution in [-0.4, -0.2) is 29.9 Å². The molecule has 19 heavy (non-hydrogen) atoms. The van der Waals surface area contributed by atoms with E-state index in [9.17, 15) is 4.79 Å². The number of piperidine rings is 1. The highest BCUT2D eigenvalue weighted by Gasteiger charge is 2.24. The molecule has 1 saturated heterocycles. The van der Waals surface area contributed by atoms with E-state index >= 15 is 0 Å². The lowest BCUT2D eigenvalue weighted by Gasteiger charge is -2.29. The molecule has 0 unspecified atom stereocenters. The first-order chi connectivity index (χ1) is 9.20. The van der Waals surface area contributed by atoms with Gasteiger partial charge in [0, 0.05) is 18.1 Å². The van der Waals surface area contributed by atoms with Crippen LogP contribution in [-0.2, 0) is 11.3 Å². The van der Waals surface area contributed by atoms with Crippen LogP contribution < -0.4 is 5.32 Å². The topological polar surface area (TPSA) is 32.3 Å². The van der Waals surface area contributed by atoms with E-state index in [0.717, 1.165) is 36.5 Å². The van der Waals surface area contributed by atoms with E-state index in [2.05, 4.69) is 5.32 Å². The molecule has 1 aromatic rings. The van der Waals surface area contributed by atoms with Gasteiger partial charge in [0.05, 0.1) is 6.04 Å². The number of halogens is 1. The molecular weight excluding hydrogens is 260 g/mol. The Bertz CT molecular complexity index is 430. The van der Waals surface area contributed by atoms with Crippen LogP contribution in [0.4, 0.5) is 0 Å². The van der Waals surface area contributed by atoms with Crippen LogP contribution >= 0.6 is 11.6 Å². The zero-order chi connectivity index (χ0) is 13.7. The van der Waals surface area contributed by atoms with Gasteiger partial charge < -0.3 is 10.2 Å². The Morgan fingerprint density at radius 3 is 2.95 bits per heavy atom. The SMILES string of the molecule is CCN(Cc1cccc(Cl)c1)C(=O)[C@H]1CCCCN1. The Morgan fingerprint density at radius 1 is 1.47 bits per heavy atom. The molecule has 4 heteroatoms. The standard InChI is InChI=1S/C15H21ClN2O/c1-2-18(11-12-6-5-7-13(16)10-12)15(19)14-8-3-4-9-17-14/h5-7,10,14,17H,2-4,8-9,11H2,1H3/t14-/m1/s1. The molecule has 0 aliphatic carbocycles. The molecule has 1 amide bonds. The maximum Gasteiger partial charge on any atom is 0.239 e. The van der Waals surface area contributed by atoms with Gasteiger partial charge in [0.2, 0.25) is 5.91 Å². The summed E-state index contributed by atoms with van der Waals surface area (Å²) in [5.74, 6) is 0.210. The van der Waals surface area contributed by atoms with Crippen molar-refractivity contribution in [2.75, 3.05) is 13.1 Å².